The van der Waals surface area contributed by atoms with Crippen LogP contribution in [0.1, 0.15) is 5.82 Å². The van der Waals surface area contributed by atoms with E-state index in [1.54, 1.807) is 13.1 Å². The van der Waals surface area contributed by atoms with Crippen molar-refractivity contribution < 1.29 is 4.74 Å². The molecule has 0 fully saturated rings. The lowest BCUT2D eigenvalue weighted by Crippen LogP contribution is -2.39. The number of halogens is 2. The zero-order valence-electron chi connectivity index (χ0n) is 14.2. The van der Waals surface area contributed by atoms with Crippen molar-refractivity contribution in [2.24, 2.45) is 4.99 Å². The number of para-hydroxylation sites is 1. The van der Waals surface area contributed by atoms with Crippen molar-refractivity contribution in [1.82, 2.24) is 25.2 Å². The Balaban J connectivity index is 0.00000243. The van der Waals surface area contributed by atoms with E-state index in [-0.39, 0.29) is 24.0 Å². The summed E-state index contributed by atoms with van der Waals surface area (Å²) in [6.45, 7) is 1.57. The van der Waals surface area contributed by atoms with Gasteiger partial charge in [-0.3, -0.25) is 9.39 Å². The number of aliphatic imine (C=N–C) groups is 1. The van der Waals surface area contributed by atoms with Crippen molar-refractivity contribution in [2.75, 3.05) is 20.2 Å². The third-order valence-electron chi connectivity index (χ3n) is 3.51. The van der Waals surface area contributed by atoms with Crippen LogP contribution in [-0.4, -0.2) is 40.8 Å². The predicted octanol–water partition coefficient (Wildman–Crippen LogP) is 2.74. The second kappa shape index (κ2) is 10.2. The summed E-state index contributed by atoms with van der Waals surface area (Å²) in [4.78, 5) is 4.19. The lowest BCUT2D eigenvalue weighted by atomic mass is 10.3. The number of nitrogens with zero attached hydrogens (tertiary/aromatic N) is 4. The monoisotopic (exact) mass is 486 g/mol. The van der Waals surface area contributed by atoms with Gasteiger partial charge in [0.05, 0.1) is 18.1 Å². The molecule has 2 N–H and O–H groups in total. The van der Waals surface area contributed by atoms with E-state index in [1.165, 1.54) is 0 Å². The quantitative estimate of drug-likeness (QED) is 0.243. The fourth-order valence-electron chi connectivity index (χ4n) is 2.29. The number of guanidine groups is 1. The van der Waals surface area contributed by atoms with E-state index < -0.39 is 0 Å². The average Bonchev–Trinajstić information content (AvgIpc) is 3.06. The molecule has 0 bridgehead atoms. The van der Waals surface area contributed by atoms with Crippen LogP contribution in [0.3, 0.4) is 0 Å². The summed E-state index contributed by atoms with van der Waals surface area (Å²) >= 11 is 6.05. The third kappa shape index (κ3) is 5.21. The van der Waals surface area contributed by atoms with Crippen molar-refractivity contribution in [1.29, 1.82) is 0 Å². The Kier molecular flexibility index (Phi) is 7.92. The van der Waals surface area contributed by atoms with Gasteiger partial charge in [-0.1, -0.05) is 29.8 Å². The standard InChI is InChI=1S/C17H19ClN6O.HI/c1-19-17(20-9-11-25-14-7-3-2-6-13(14)18)21-12-16-23-22-15-8-4-5-10-24(15)16;/h2-8,10H,9,11-12H2,1H3,(H2,19,20,21);1H. The van der Waals surface area contributed by atoms with Crippen LogP contribution in [0, 0.1) is 0 Å². The first-order valence-corrected chi connectivity index (χ1v) is 8.26. The van der Waals surface area contributed by atoms with Gasteiger partial charge < -0.3 is 15.4 Å². The van der Waals surface area contributed by atoms with E-state index in [2.05, 4.69) is 25.8 Å². The molecule has 0 saturated carbocycles. The SMILES string of the molecule is CN=C(NCCOc1ccccc1Cl)NCc1nnc2ccccn12.I. The molecule has 0 aliphatic rings. The summed E-state index contributed by atoms with van der Waals surface area (Å²) in [6.07, 6.45) is 1.93. The number of benzene rings is 1. The number of rotatable bonds is 6. The van der Waals surface area contributed by atoms with Gasteiger partial charge in [0.1, 0.15) is 12.4 Å². The van der Waals surface area contributed by atoms with Crippen LogP contribution in [0.2, 0.25) is 5.02 Å². The van der Waals surface area contributed by atoms with E-state index >= 15 is 0 Å². The second-order valence-electron chi connectivity index (χ2n) is 5.18. The maximum atomic E-state index is 6.05. The lowest BCUT2D eigenvalue weighted by Gasteiger charge is -2.12. The van der Waals surface area contributed by atoms with Crippen LogP contribution < -0.4 is 15.4 Å². The number of ether oxygens (including phenoxy) is 1. The molecule has 0 spiro atoms. The van der Waals surface area contributed by atoms with Gasteiger partial charge >= 0.3 is 0 Å². The fraction of sp³-hybridized carbons (Fsp3) is 0.235. The lowest BCUT2D eigenvalue weighted by molar-refractivity contribution is 0.322. The summed E-state index contributed by atoms with van der Waals surface area (Å²) < 4.78 is 7.57. The molecule has 9 heteroatoms. The highest BCUT2D eigenvalue weighted by Crippen LogP contribution is 2.22. The molecule has 26 heavy (non-hydrogen) atoms. The molecule has 0 amide bonds. The Morgan fingerprint density at radius 2 is 1.96 bits per heavy atom. The first kappa shape index (κ1) is 20.2. The second-order valence-corrected chi connectivity index (χ2v) is 5.58. The van der Waals surface area contributed by atoms with Gasteiger partial charge in [-0.2, -0.15) is 0 Å². The maximum Gasteiger partial charge on any atom is 0.191 e. The van der Waals surface area contributed by atoms with Gasteiger partial charge in [-0.05, 0) is 24.3 Å². The van der Waals surface area contributed by atoms with E-state index in [0.717, 1.165) is 11.5 Å². The number of pyridine rings is 1. The maximum absolute atomic E-state index is 6.05. The minimum Gasteiger partial charge on any atom is -0.490 e. The van der Waals surface area contributed by atoms with E-state index in [4.69, 9.17) is 16.3 Å². The first-order chi connectivity index (χ1) is 12.3. The molecule has 138 valence electrons. The van der Waals surface area contributed by atoms with E-state index in [1.807, 2.05) is 47.0 Å². The average molecular weight is 487 g/mol. The van der Waals surface area contributed by atoms with Gasteiger partial charge in [-0.25, -0.2) is 0 Å². The minimum atomic E-state index is 0. The molecule has 0 aliphatic heterocycles. The van der Waals surface area contributed by atoms with Crippen LogP contribution in [0.25, 0.3) is 5.65 Å². The molecule has 0 aliphatic carbocycles. The normalized spacial score (nSPS) is 11.1. The van der Waals surface area contributed by atoms with Gasteiger partial charge in [0, 0.05) is 13.2 Å². The fourth-order valence-corrected chi connectivity index (χ4v) is 2.48. The summed E-state index contributed by atoms with van der Waals surface area (Å²) in [5, 5.41) is 15.3. The molecule has 1 aromatic carbocycles. The highest BCUT2D eigenvalue weighted by Gasteiger charge is 2.05. The Morgan fingerprint density at radius 1 is 1.15 bits per heavy atom. The molecular formula is C17H20ClIN6O. The predicted molar refractivity (Wildman–Crippen MR) is 114 cm³/mol. The summed E-state index contributed by atoms with van der Waals surface area (Å²) in [5.41, 5.74) is 0.815. The van der Waals surface area contributed by atoms with Crippen LogP contribution in [0.5, 0.6) is 5.75 Å². The molecule has 7 nitrogen and oxygen atoms in total. The molecule has 2 heterocycles. The van der Waals surface area contributed by atoms with Crippen molar-refractivity contribution >= 4 is 47.2 Å². The molecule has 0 saturated heterocycles. The topological polar surface area (TPSA) is 75.8 Å². The zero-order valence-corrected chi connectivity index (χ0v) is 17.3. The van der Waals surface area contributed by atoms with Crippen molar-refractivity contribution in [3.63, 3.8) is 0 Å². The molecule has 3 aromatic rings. The Morgan fingerprint density at radius 3 is 2.77 bits per heavy atom. The van der Waals surface area contributed by atoms with Crippen molar-refractivity contribution in [3.05, 3.63) is 59.5 Å². The highest BCUT2D eigenvalue weighted by atomic mass is 127. The van der Waals surface area contributed by atoms with Crippen LogP contribution in [0.4, 0.5) is 0 Å². The number of hydrogen-bond acceptors (Lipinski definition) is 4. The number of aromatic nitrogens is 3. The Hall–Kier alpha value is -2.07. The summed E-state index contributed by atoms with van der Waals surface area (Å²) in [7, 11) is 1.71. The number of fused-ring (bicyclic) bond motifs is 1. The Bertz CT molecular complexity index is 869. The first-order valence-electron chi connectivity index (χ1n) is 7.88. The third-order valence-corrected chi connectivity index (χ3v) is 3.82. The van der Waals surface area contributed by atoms with E-state index in [0.29, 0.717) is 36.4 Å². The van der Waals surface area contributed by atoms with Crippen LogP contribution in [0.15, 0.2) is 53.7 Å². The molecule has 3 rings (SSSR count). The van der Waals surface area contributed by atoms with Gasteiger partial charge in [0.2, 0.25) is 0 Å². The molecule has 0 unspecified atom stereocenters. The number of nitrogens with one attached hydrogen (secondary N) is 2. The van der Waals surface area contributed by atoms with Crippen LogP contribution >= 0.6 is 35.6 Å². The van der Waals surface area contributed by atoms with E-state index in [9.17, 15) is 0 Å². The van der Waals surface area contributed by atoms with Gasteiger partial charge in [0.25, 0.3) is 0 Å². The molecular weight excluding hydrogens is 467 g/mol. The minimum absolute atomic E-state index is 0. The number of hydrogen-bond donors (Lipinski definition) is 2. The van der Waals surface area contributed by atoms with Crippen molar-refractivity contribution in [2.45, 2.75) is 6.54 Å². The van der Waals surface area contributed by atoms with Crippen molar-refractivity contribution in [3.8, 4) is 5.75 Å². The van der Waals surface area contributed by atoms with Gasteiger partial charge in [0.15, 0.2) is 17.4 Å². The van der Waals surface area contributed by atoms with Gasteiger partial charge in [-0.15, -0.1) is 34.2 Å². The Labute approximate surface area is 173 Å². The summed E-state index contributed by atoms with van der Waals surface area (Å²) in [6, 6.07) is 13.2. The molecule has 0 radical (unpaired) electrons. The molecule has 2 aromatic heterocycles. The smallest absolute Gasteiger partial charge is 0.191 e. The zero-order chi connectivity index (χ0) is 17.5. The molecule has 0 atom stereocenters. The highest BCUT2D eigenvalue weighted by molar-refractivity contribution is 14.0. The summed E-state index contributed by atoms with van der Waals surface area (Å²) in [5.74, 6) is 2.14. The van der Waals surface area contributed by atoms with Crippen LogP contribution in [-0.2, 0) is 6.54 Å². The largest absolute Gasteiger partial charge is 0.490 e.